The molecule has 8 heteroatoms. The number of hydrogen-bond donors (Lipinski definition) is 1. The van der Waals surface area contributed by atoms with Gasteiger partial charge in [-0.3, -0.25) is 0 Å². The molecule has 2 aliphatic heterocycles. The second-order valence-electron chi connectivity index (χ2n) is 9.00. The summed E-state index contributed by atoms with van der Waals surface area (Å²) in [4.78, 5) is 4.51. The molecule has 37 heavy (non-hydrogen) atoms. The predicted molar refractivity (Wildman–Crippen MR) is 140 cm³/mol. The second kappa shape index (κ2) is 9.20. The smallest absolute Gasteiger partial charge is 0.226 e. The van der Waals surface area contributed by atoms with Crippen LogP contribution in [0, 0.1) is 6.92 Å². The number of fused-ring (bicyclic) bond motifs is 3. The zero-order valence-corrected chi connectivity index (χ0v) is 21.2. The molecule has 0 unspecified atom stereocenters. The topological polar surface area (TPSA) is 79.7 Å². The molecule has 3 heterocycles. The number of anilines is 1. The Morgan fingerprint density at radius 3 is 2.51 bits per heavy atom. The van der Waals surface area contributed by atoms with Gasteiger partial charge in [-0.2, -0.15) is 10.1 Å². The van der Waals surface area contributed by atoms with Gasteiger partial charge in [0.15, 0.2) is 11.5 Å². The van der Waals surface area contributed by atoms with Crippen LogP contribution in [-0.4, -0.2) is 35.6 Å². The van der Waals surface area contributed by atoms with Crippen molar-refractivity contribution in [1.29, 1.82) is 0 Å². The largest absolute Gasteiger partial charge is 0.497 e. The molecule has 0 spiro atoms. The molecule has 1 aromatic heterocycles. The maximum atomic E-state index is 6.75. The average Bonchev–Trinajstić information content (AvgIpc) is 3.40. The zero-order valence-electron chi connectivity index (χ0n) is 21.2. The standard InChI is InChI=1S/C29H28N4O4/c1-5-36-23-13-9-19(15-24(23)35-4)28-25-26(21-14-17(2)6-12-22(21)37-28)32-29-30-16-31-33(29)27(25)18-7-10-20(34-3)11-8-18/h6-16,27-28H,5H2,1-4H3,(H,30,31,32)/t27-,28-/m1/s1. The number of benzene rings is 3. The van der Waals surface area contributed by atoms with E-state index in [-0.39, 0.29) is 6.04 Å². The van der Waals surface area contributed by atoms with Crippen molar-refractivity contribution in [2.45, 2.75) is 26.0 Å². The van der Waals surface area contributed by atoms with Crippen molar-refractivity contribution in [3.63, 3.8) is 0 Å². The van der Waals surface area contributed by atoms with Crippen LogP contribution in [0.3, 0.4) is 0 Å². The lowest BCUT2D eigenvalue weighted by atomic mass is 9.84. The Morgan fingerprint density at radius 2 is 1.76 bits per heavy atom. The molecule has 6 rings (SSSR count). The molecule has 0 fully saturated rings. The maximum Gasteiger partial charge on any atom is 0.226 e. The molecule has 3 aromatic carbocycles. The molecule has 0 saturated heterocycles. The Balaban J connectivity index is 1.58. The third-order valence-electron chi connectivity index (χ3n) is 6.79. The van der Waals surface area contributed by atoms with Gasteiger partial charge in [0.1, 0.15) is 30.0 Å². The summed E-state index contributed by atoms with van der Waals surface area (Å²) in [6.45, 7) is 4.59. The average molecular weight is 497 g/mol. The van der Waals surface area contributed by atoms with E-state index in [1.54, 1.807) is 20.5 Å². The number of rotatable bonds is 6. The molecule has 0 aliphatic carbocycles. The van der Waals surface area contributed by atoms with Crippen molar-refractivity contribution < 1.29 is 18.9 Å². The van der Waals surface area contributed by atoms with Crippen LogP contribution in [-0.2, 0) is 0 Å². The van der Waals surface area contributed by atoms with Gasteiger partial charge in [0, 0.05) is 16.7 Å². The van der Waals surface area contributed by atoms with E-state index in [0.29, 0.717) is 24.1 Å². The summed E-state index contributed by atoms with van der Waals surface area (Å²) in [7, 11) is 3.31. The van der Waals surface area contributed by atoms with Crippen LogP contribution in [0.15, 0.2) is 72.6 Å². The van der Waals surface area contributed by atoms with Gasteiger partial charge in [0.2, 0.25) is 5.95 Å². The Labute approximate surface area is 215 Å². The summed E-state index contributed by atoms with van der Waals surface area (Å²) >= 11 is 0. The van der Waals surface area contributed by atoms with E-state index < -0.39 is 6.10 Å². The van der Waals surface area contributed by atoms with E-state index in [1.165, 1.54) is 0 Å². The first-order chi connectivity index (χ1) is 18.1. The van der Waals surface area contributed by atoms with Crippen LogP contribution < -0.4 is 24.3 Å². The molecule has 2 atom stereocenters. The Hall–Kier alpha value is -4.46. The minimum Gasteiger partial charge on any atom is -0.497 e. The van der Waals surface area contributed by atoms with Crippen LogP contribution >= 0.6 is 0 Å². The Kier molecular flexibility index (Phi) is 5.71. The van der Waals surface area contributed by atoms with Gasteiger partial charge in [-0.25, -0.2) is 4.68 Å². The van der Waals surface area contributed by atoms with Gasteiger partial charge in [0.25, 0.3) is 0 Å². The highest BCUT2D eigenvalue weighted by atomic mass is 16.5. The zero-order chi connectivity index (χ0) is 25.5. The maximum absolute atomic E-state index is 6.75. The molecular weight excluding hydrogens is 468 g/mol. The van der Waals surface area contributed by atoms with E-state index in [2.05, 4.69) is 46.6 Å². The van der Waals surface area contributed by atoms with E-state index >= 15 is 0 Å². The Bertz CT molecular complexity index is 1490. The van der Waals surface area contributed by atoms with Crippen molar-refractivity contribution in [3.8, 4) is 23.0 Å². The fourth-order valence-corrected chi connectivity index (χ4v) is 5.09. The molecule has 188 valence electrons. The van der Waals surface area contributed by atoms with E-state index in [9.17, 15) is 0 Å². The van der Waals surface area contributed by atoms with E-state index in [4.69, 9.17) is 18.9 Å². The van der Waals surface area contributed by atoms with Crippen LogP contribution in [0.4, 0.5) is 5.95 Å². The second-order valence-corrected chi connectivity index (χ2v) is 9.00. The molecule has 4 aromatic rings. The molecule has 0 saturated carbocycles. The fourth-order valence-electron chi connectivity index (χ4n) is 5.09. The lowest BCUT2D eigenvalue weighted by Crippen LogP contribution is -2.32. The number of nitrogens with one attached hydrogen (secondary N) is 1. The third-order valence-corrected chi connectivity index (χ3v) is 6.79. The molecule has 0 bridgehead atoms. The lowest BCUT2D eigenvalue weighted by Gasteiger charge is -2.39. The summed E-state index contributed by atoms with van der Waals surface area (Å²) in [5.74, 6) is 3.63. The highest BCUT2D eigenvalue weighted by Crippen LogP contribution is 2.51. The quantitative estimate of drug-likeness (QED) is 0.374. The molecule has 8 nitrogen and oxygen atoms in total. The first-order valence-electron chi connectivity index (χ1n) is 12.2. The van der Waals surface area contributed by atoms with Crippen LogP contribution in [0.2, 0.25) is 0 Å². The van der Waals surface area contributed by atoms with Gasteiger partial charge in [0.05, 0.1) is 26.5 Å². The van der Waals surface area contributed by atoms with Crippen molar-refractivity contribution in [3.05, 3.63) is 94.8 Å². The summed E-state index contributed by atoms with van der Waals surface area (Å²) in [6.07, 6.45) is 1.16. The highest BCUT2D eigenvalue weighted by Gasteiger charge is 2.41. The van der Waals surface area contributed by atoms with Crippen molar-refractivity contribution in [1.82, 2.24) is 14.8 Å². The molecule has 0 amide bonds. The van der Waals surface area contributed by atoms with E-state index in [0.717, 1.165) is 45.0 Å². The monoisotopic (exact) mass is 496 g/mol. The number of hydrogen-bond acceptors (Lipinski definition) is 7. The van der Waals surface area contributed by atoms with Gasteiger partial charge in [-0.05, 0) is 55.8 Å². The third kappa shape index (κ3) is 3.85. The Morgan fingerprint density at radius 1 is 0.946 bits per heavy atom. The van der Waals surface area contributed by atoms with Gasteiger partial charge in [-0.1, -0.05) is 29.8 Å². The van der Waals surface area contributed by atoms with Gasteiger partial charge in [-0.15, -0.1) is 0 Å². The minimum atomic E-state index is -0.410. The summed E-state index contributed by atoms with van der Waals surface area (Å²) in [6, 6.07) is 20.0. The number of aryl methyl sites for hydroxylation is 1. The van der Waals surface area contributed by atoms with Crippen molar-refractivity contribution in [2.24, 2.45) is 0 Å². The predicted octanol–water partition coefficient (Wildman–Crippen LogP) is 5.56. The highest BCUT2D eigenvalue weighted by molar-refractivity contribution is 5.85. The van der Waals surface area contributed by atoms with Crippen molar-refractivity contribution >= 4 is 11.6 Å². The van der Waals surface area contributed by atoms with Crippen LogP contribution in [0.25, 0.3) is 5.70 Å². The molecule has 0 radical (unpaired) electrons. The first kappa shape index (κ1) is 23.0. The lowest BCUT2D eigenvalue weighted by molar-refractivity contribution is 0.222. The van der Waals surface area contributed by atoms with Gasteiger partial charge >= 0.3 is 0 Å². The van der Waals surface area contributed by atoms with Crippen LogP contribution in [0.1, 0.15) is 41.3 Å². The van der Waals surface area contributed by atoms with Crippen LogP contribution in [0.5, 0.6) is 23.0 Å². The summed E-state index contributed by atoms with van der Waals surface area (Å²) in [5.41, 5.74) is 6.14. The normalized spacial score (nSPS) is 17.6. The number of ether oxygens (including phenoxy) is 4. The minimum absolute atomic E-state index is 0.254. The number of aromatic nitrogens is 3. The molecule has 2 aliphatic rings. The van der Waals surface area contributed by atoms with E-state index in [1.807, 2.05) is 48.0 Å². The molecule has 1 N–H and O–H groups in total. The SMILES string of the molecule is CCOc1ccc([C@H]2Oc3ccc(C)cc3C3=C2[C@@H](c2ccc(OC)cc2)n2ncnc2N3)cc1OC. The fraction of sp³-hybridized carbons (Fsp3) is 0.241. The van der Waals surface area contributed by atoms with Crippen molar-refractivity contribution in [2.75, 3.05) is 26.1 Å². The summed E-state index contributed by atoms with van der Waals surface area (Å²) in [5, 5.41) is 8.15. The molecular formula is C29H28N4O4. The van der Waals surface area contributed by atoms with Gasteiger partial charge < -0.3 is 24.3 Å². The number of nitrogens with zero attached hydrogens (tertiary/aromatic N) is 3. The summed E-state index contributed by atoms with van der Waals surface area (Å²) < 4.78 is 25.5. The number of methoxy groups -OCH3 is 2. The first-order valence-corrected chi connectivity index (χ1v) is 12.2.